The number of hydrogen-bond donors (Lipinski definition) is 2. The fraction of sp³-hybridized carbons (Fsp3) is 0.312. The predicted molar refractivity (Wildman–Crippen MR) is 84.0 cm³/mol. The van der Waals surface area contributed by atoms with Gasteiger partial charge in [0.25, 0.3) is 0 Å². The lowest BCUT2D eigenvalue weighted by atomic mass is 10.0. The number of aromatic nitrogens is 1. The Hall–Kier alpha value is -1.23. The lowest BCUT2D eigenvalue weighted by molar-refractivity contribution is 0.460. The fourth-order valence-corrected chi connectivity index (χ4v) is 3.06. The zero-order chi connectivity index (χ0) is 13.9. The van der Waals surface area contributed by atoms with Gasteiger partial charge in [0.2, 0.25) is 0 Å². The first-order chi connectivity index (χ1) is 9.78. The van der Waals surface area contributed by atoms with Crippen molar-refractivity contribution in [2.45, 2.75) is 24.8 Å². The number of nitrogens with zero attached hydrogens (tertiary/aromatic N) is 1. The van der Waals surface area contributed by atoms with Gasteiger partial charge in [-0.25, -0.2) is 0 Å². The Kier molecular flexibility index (Phi) is 4.15. The molecule has 104 valence electrons. The number of pyridine rings is 1. The van der Waals surface area contributed by atoms with Gasteiger partial charge in [-0.15, -0.1) is 0 Å². The van der Waals surface area contributed by atoms with Crippen LogP contribution >= 0.6 is 15.9 Å². The highest BCUT2D eigenvalue weighted by Crippen LogP contribution is 2.49. The second-order valence-electron chi connectivity index (χ2n) is 5.36. The van der Waals surface area contributed by atoms with Crippen LogP contribution in [0.25, 0.3) is 0 Å². The molecular formula is C16H18BrN3. The van der Waals surface area contributed by atoms with Crippen LogP contribution in [-0.2, 0) is 6.42 Å². The Morgan fingerprint density at radius 1 is 1.25 bits per heavy atom. The lowest BCUT2D eigenvalue weighted by Gasteiger charge is -2.15. The maximum absolute atomic E-state index is 5.74. The molecule has 0 spiro atoms. The molecule has 0 amide bonds. The van der Waals surface area contributed by atoms with E-state index < -0.39 is 0 Å². The van der Waals surface area contributed by atoms with E-state index in [1.165, 1.54) is 12.0 Å². The van der Waals surface area contributed by atoms with Gasteiger partial charge in [0.05, 0.1) is 0 Å². The van der Waals surface area contributed by atoms with E-state index in [0.29, 0.717) is 11.8 Å². The number of nitrogens with two attached hydrogens (primary N) is 1. The van der Waals surface area contributed by atoms with Crippen LogP contribution < -0.4 is 11.3 Å². The quantitative estimate of drug-likeness (QED) is 0.654. The van der Waals surface area contributed by atoms with Crippen molar-refractivity contribution in [1.29, 1.82) is 0 Å². The molecule has 3 unspecified atom stereocenters. The summed E-state index contributed by atoms with van der Waals surface area (Å²) in [4.78, 5) is 4.43. The highest BCUT2D eigenvalue weighted by molar-refractivity contribution is 9.10. The van der Waals surface area contributed by atoms with Gasteiger partial charge in [0.15, 0.2) is 0 Å². The van der Waals surface area contributed by atoms with Crippen LogP contribution in [0.2, 0.25) is 0 Å². The van der Waals surface area contributed by atoms with Crippen LogP contribution in [0, 0.1) is 5.92 Å². The predicted octanol–water partition coefficient (Wildman–Crippen LogP) is 3.02. The average molecular weight is 332 g/mol. The minimum absolute atomic E-state index is 0.286. The molecule has 0 aliphatic heterocycles. The topological polar surface area (TPSA) is 50.9 Å². The van der Waals surface area contributed by atoms with E-state index in [0.717, 1.165) is 16.6 Å². The SMILES string of the molecule is NNC(Cc1ccc(Br)cn1)C1CC1c1ccccc1. The summed E-state index contributed by atoms with van der Waals surface area (Å²) in [5.41, 5.74) is 5.47. The van der Waals surface area contributed by atoms with Gasteiger partial charge in [0.1, 0.15) is 0 Å². The van der Waals surface area contributed by atoms with Gasteiger partial charge in [-0.1, -0.05) is 30.3 Å². The van der Waals surface area contributed by atoms with Crippen molar-refractivity contribution in [3.8, 4) is 0 Å². The van der Waals surface area contributed by atoms with Gasteiger partial charge in [-0.2, -0.15) is 0 Å². The Labute approximate surface area is 127 Å². The third-order valence-corrected chi connectivity index (χ3v) is 4.49. The van der Waals surface area contributed by atoms with Crippen LogP contribution in [0.5, 0.6) is 0 Å². The highest BCUT2D eigenvalue weighted by Gasteiger charge is 2.43. The van der Waals surface area contributed by atoms with Gasteiger partial charge >= 0.3 is 0 Å². The minimum Gasteiger partial charge on any atom is -0.271 e. The summed E-state index contributed by atoms with van der Waals surface area (Å²) in [6.45, 7) is 0. The molecule has 1 heterocycles. The van der Waals surface area contributed by atoms with Gasteiger partial charge in [-0.3, -0.25) is 16.3 Å². The van der Waals surface area contributed by atoms with Crippen molar-refractivity contribution in [1.82, 2.24) is 10.4 Å². The van der Waals surface area contributed by atoms with Crippen LogP contribution in [0.1, 0.15) is 23.6 Å². The Balaban J connectivity index is 1.65. The molecular weight excluding hydrogens is 314 g/mol. The Morgan fingerprint density at radius 3 is 2.70 bits per heavy atom. The van der Waals surface area contributed by atoms with E-state index in [4.69, 9.17) is 5.84 Å². The summed E-state index contributed by atoms with van der Waals surface area (Å²) in [7, 11) is 0. The largest absolute Gasteiger partial charge is 0.271 e. The molecule has 1 aromatic carbocycles. The third kappa shape index (κ3) is 3.08. The van der Waals surface area contributed by atoms with Gasteiger partial charge in [-0.05, 0) is 51.9 Å². The van der Waals surface area contributed by atoms with Gasteiger partial charge in [0, 0.05) is 28.8 Å². The molecule has 1 aromatic heterocycles. The summed E-state index contributed by atoms with van der Waals surface area (Å²) in [5, 5.41) is 0. The maximum atomic E-state index is 5.74. The summed E-state index contributed by atoms with van der Waals surface area (Å²) in [6, 6.07) is 15.0. The average Bonchev–Trinajstić information content (AvgIpc) is 3.28. The van der Waals surface area contributed by atoms with Crippen molar-refractivity contribution in [2.24, 2.45) is 11.8 Å². The van der Waals surface area contributed by atoms with E-state index >= 15 is 0 Å². The second kappa shape index (κ2) is 6.04. The van der Waals surface area contributed by atoms with Crippen molar-refractivity contribution < 1.29 is 0 Å². The van der Waals surface area contributed by atoms with E-state index in [1.54, 1.807) is 0 Å². The number of hydrazine groups is 1. The minimum atomic E-state index is 0.286. The van der Waals surface area contributed by atoms with Crippen LogP contribution in [0.3, 0.4) is 0 Å². The molecule has 2 aromatic rings. The molecule has 3 rings (SSSR count). The van der Waals surface area contributed by atoms with Crippen LogP contribution in [-0.4, -0.2) is 11.0 Å². The maximum Gasteiger partial charge on any atom is 0.0420 e. The molecule has 3 atom stereocenters. The molecule has 3 N–H and O–H groups in total. The lowest BCUT2D eigenvalue weighted by Crippen LogP contribution is -2.39. The van der Waals surface area contributed by atoms with E-state index in [9.17, 15) is 0 Å². The number of benzene rings is 1. The molecule has 3 nitrogen and oxygen atoms in total. The molecule has 4 heteroatoms. The molecule has 0 saturated heterocycles. The smallest absolute Gasteiger partial charge is 0.0420 e. The first-order valence-electron chi connectivity index (χ1n) is 6.89. The Bertz CT molecular complexity index is 556. The van der Waals surface area contributed by atoms with Crippen LogP contribution in [0.15, 0.2) is 53.1 Å². The zero-order valence-corrected chi connectivity index (χ0v) is 12.8. The summed E-state index contributed by atoms with van der Waals surface area (Å²) in [5.74, 6) is 6.98. The molecule has 0 radical (unpaired) electrons. The first kappa shape index (κ1) is 13.7. The van der Waals surface area contributed by atoms with Crippen molar-refractivity contribution in [3.05, 3.63) is 64.4 Å². The van der Waals surface area contributed by atoms with E-state index in [-0.39, 0.29) is 6.04 Å². The third-order valence-electron chi connectivity index (χ3n) is 4.02. The zero-order valence-electron chi connectivity index (χ0n) is 11.2. The van der Waals surface area contributed by atoms with Gasteiger partial charge < -0.3 is 0 Å². The summed E-state index contributed by atoms with van der Waals surface area (Å²) in [6.07, 6.45) is 3.91. The molecule has 1 aliphatic rings. The molecule has 0 bridgehead atoms. The molecule has 1 saturated carbocycles. The second-order valence-corrected chi connectivity index (χ2v) is 6.28. The van der Waals surface area contributed by atoms with Crippen molar-refractivity contribution in [3.63, 3.8) is 0 Å². The Morgan fingerprint density at radius 2 is 2.05 bits per heavy atom. The highest BCUT2D eigenvalue weighted by atomic mass is 79.9. The fourth-order valence-electron chi connectivity index (χ4n) is 2.83. The summed E-state index contributed by atoms with van der Waals surface area (Å²) >= 11 is 3.41. The van der Waals surface area contributed by atoms with Crippen molar-refractivity contribution in [2.75, 3.05) is 0 Å². The van der Waals surface area contributed by atoms with E-state index in [2.05, 4.69) is 56.7 Å². The monoisotopic (exact) mass is 331 g/mol. The van der Waals surface area contributed by atoms with E-state index in [1.807, 2.05) is 18.3 Å². The normalized spacial score (nSPS) is 22.5. The molecule has 1 aliphatic carbocycles. The first-order valence-corrected chi connectivity index (χ1v) is 7.68. The summed E-state index contributed by atoms with van der Waals surface area (Å²) < 4.78 is 1.01. The molecule has 20 heavy (non-hydrogen) atoms. The van der Waals surface area contributed by atoms with Crippen molar-refractivity contribution >= 4 is 15.9 Å². The number of halogens is 1. The number of rotatable bonds is 5. The number of hydrogen-bond acceptors (Lipinski definition) is 3. The van der Waals surface area contributed by atoms with Crippen LogP contribution in [0.4, 0.5) is 0 Å². The number of nitrogens with one attached hydrogen (secondary N) is 1. The standard InChI is InChI=1S/C16H18BrN3/c17-12-6-7-13(19-10-12)8-16(20-18)15-9-14(15)11-4-2-1-3-5-11/h1-7,10,14-16,20H,8-9,18H2. The molecule has 1 fully saturated rings.